The number of hydrogen-bond acceptors (Lipinski definition) is 4. The Labute approximate surface area is 134 Å². The van der Waals surface area contributed by atoms with Crippen LogP contribution in [0.1, 0.15) is 18.4 Å². The highest BCUT2D eigenvalue weighted by molar-refractivity contribution is 6.30. The van der Waals surface area contributed by atoms with Gasteiger partial charge in [0.1, 0.15) is 11.6 Å². The van der Waals surface area contributed by atoms with Gasteiger partial charge in [-0.2, -0.15) is 13.2 Å². The summed E-state index contributed by atoms with van der Waals surface area (Å²) < 4.78 is 43.0. The molecule has 0 atom stereocenters. The van der Waals surface area contributed by atoms with Gasteiger partial charge in [-0.05, 0) is 12.5 Å². The smallest absolute Gasteiger partial charge is 0.417 e. The maximum Gasteiger partial charge on any atom is 0.417 e. The third kappa shape index (κ3) is 5.93. The van der Waals surface area contributed by atoms with Crippen LogP contribution in [-0.4, -0.2) is 30.1 Å². The first kappa shape index (κ1) is 19.0. The molecule has 1 aromatic rings. The Morgan fingerprint density at radius 3 is 2.61 bits per heavy atom. The Morgan fingerprint density at radius 2 is 2.04 bits per heavy atom. The zero-order valence-electron chi connectivity index (χ0n) is 12.1. The minimum atomic E-state index is -4.68. The number of esters is 1. The number of aromatic nitrogens is 1. The second-order valence-electron chi connectivity index (χ2n) is 4.54. The summed E-state index contributed by atoms with van der Waals surface area (Å²) in [6.07, 6.45) is -3.76. The highest BCUT2D eigenvalue weighted by atomic mass is 35.5. The minimum absolute atomic E-state index is 0.0894. The standard InChI is InChI=1S/C13H14ClF3N2O4/c1-23-11(21)3-2-4-18-10(20)7-19-6-8(13(15,16)17)5-9(14)12(19)22/h5-6H,2-4,7H2,1H3,(H,18,20). The van der Waals surface area contributed by atoms with Gasteiger partial charge in [0.2, 0.25) is 5.91 Å². The van der Waals surface area contributed by atoms with Crippen LogP contribution >= 0.6 is 11.6 Å². The van der Waals surface area contributed by atoms with E-state index in [1.807, 2.05) is 0 Å². The van der Waals surface area contributed by atoms with E-state index in [1.165, 1.54) is 7.11 Å². The first-order valence-corrected chi connectivity index (χ1v) is 6.83. The monoisotopic (exact) mass is 354 g/mol. The average Bonchev–Trinajstić information content (AvgIpc) is 2.46. The molecular formula is C13H14ClF3N2O4. The zero-order chi connectivity index (χ0) is 17.6. The summed E-state index contributed by atoms with van der Waals surface area (Å²) in [7, 11) is 1.23. The van der Waals surface area contributed by atoms with Gasteiger partial charge in [-0.3, -0.25) is 14.4 Å². The van der Waals surface area contributed by atoms with Crippen LogP contribution in [0, 0.1) is 0 Å². The fraction of sp³-hybridized carbons (Fsp3) is 0.462. The van der Waals surface area contributed by atoms with E-state index in [9.17, 15) is 27.6 Å². The molecule has 0 saturated heterocycles. The number of carbonyl (C=O) groups excluding carboxylic acids is 2. The highest BCUT2D eigenvalue weighted by Crippen LogP contribution is 2.29. The number of halogens is 4. The van der Waals surface area contributed by atoms with Gasteiger partial charge in [0, 0.05) is 19.2 Å². The van der Waals surface area contributed by atoms with Crippen LogP contribution in [0.15, 0.2) is 17.1 Å². The molecule has 0 saturated carbocycles. The van der Waals surface area contributed by atoms with Crippen molar-refractivity contribution in [2.24, 2.45) is 0 Å². The first-order valence-electron chi connectivity index (χ1n) is 6.46. The van der Waals surface area contributed by atoms with Gasteiger partial charge in [-0.25, -0.2) is 0 Å². The van der Waals surface area contributed by atoms with Crippen molar-refractivity contribution < 1.29 is 27.5 Å². The molecule has 1 rings (SSSR count). The molecule has 0 aliphatic carbocycles. The fourth-order valence-corrected chi connectivity index (χ4v) is 1.87. The molecule has 6 nitrogen and oxygen atoms in total. The predicted molar refractivity (Wildman–Crippen MR) is 75.0 cm³/mol. The van der Waals surface area contributed by atoms with Crippen LogP contribution in [0.5, 0.6) is 0 Å². The van der Waals surface area contributed by atoms with Crippen LogP contribution in [-0.2, 0) is 27.0 Å². The third-order valence-electron chi connectivity index (χ3n) is 2.79. The number of hydrogen-bond donors (Lipinski definition) is 1. The molecule has 1 aromatic heterocycles. The zero-order valence-corrected chi connectivity index (χ0v) is 12.8. The lowest BCUT2D eigenvalue weighted by Crippen LogP contribution is -2.33. The number of amides is 1. The van der Waals surface area contributed by atoms with Gasteiger partial charge in [0.15, 0.2) is 0 Å². The van der Waals surface area contributed by atoms with Crippen molar-refractivity contribution in [1.29, 1.82) is 0 Å². The van der Waals surface area contributed by atoms with E-state index in [2.05, 4.69) is 10.1 Å². The van der Waals surface area contributed by atoms with Crippen molar-refractivity contribution in [3.05, 3.63) is 33.2 Å². The number of pyridine rings is 1. The van der Waals surface area contributed by atoms with Crippen molar-refractivity contribution in [2.75, 3.05) is 13.7 Å². The quantitative estimate of drug-likeness (QED) is 0.621. The predicted octanol–water partition coefficient (Wildman–Crippen LogP) is 1.59. The van der Waals surface area contributed by atoms with Gasteiger partial charge in [0.25, 0.3) is 5.56 Å². The van der Waals surface area contributed by atoms with Crippen LogP contribution in [0.25, 0.3) is 0 Å². The number of ether oxygens (including phenoxy) is 1. The molecule has 0 unspecified atom stereocenters. The number of alkyl halides is 3. The normalized spacial score (nSPS) is 11.2. The first-order chi connectivity index (χ1) is 10.6. The second kappa shape index (κ2) is 8.00. The fourth-order valence-electron chi connectivity index (χ4n) is 1.64. The molecule has 0 aliphatic heterocycles. The lowest BCUT2D eigenvalue weighted by atomic mass is 10.2. The summed E-state index contributed by atoms with van der Waals surface area (Å²) in [6.45, 7) is -0.490. The van der Waals surface area contributed by atoms with E-state index in [0.29, 0.717) is 23.3 Å². The molecule has 10 heteroatoms. The van der Waals surface area contributed by atoms with E-state index in [0.717, 1.165) is 0 Å². The van der Waals surface area contributed by atoms with E-state index in [-0.39, 0.29) is 13.0 Å². The molecule has 23 heavy (non-hydrogen) atoms. The average molecular weight is 355 g/mol. The molecule has 0 aliphatic rings. The molecule has 1 N–H and O–H groups in total. The Hall–Kier alpha value is -2.03. The minimum Gasteiger partial charge on any atom is -0.469 e. The van der Waals surface area contributed by atoms with Crippen LogP contribution < -0.4 is 10.9 Å². The maximum absolute atomic E-state index is 12.7. The number of rotatable bonds is 6. The topological polar surface area (TPSA) is 77.4 Å². The van der Waals surface area contributed by atoms with Gasteiger partial charge in [0.05, 0.1) is 12.7 Å². The lowest BCUT2D eigenvalue weighted by Gasteiger charge is -2.12. The third-order valence-corrected chi connectivity index (χ3v) is 3.06. The van der Waals surface area contributed by atoms with Crippen LogP contribution in [0.4, 0.5) is 13.2 Å². The Bertz CT molecular complexity index is 643. The molecule has 0 bridgehead atoms. The number of carbonyl (C=O) groups is 2. The number of nitrogens with zero attached hydrogens (tertiary/aromatic N) is 1. The van der Waals surface area contributed by atoms with E-state index >= 15 is 0 Å². The molecule has 0 fully saturated rings. The van der Waals surface area contributed by atoms with E-state index in [4.69, 9.17) is 11.6 Å². The van der Waals surface area contributed by atoms with E-state index < -0.39 is 40.7 Å². The molecular weight excluding hydrogens is 341 g/mol. The van der Waals surface area contributed by atoms with Crippen molar-refractivity contribution in [3.8, 4) is 0 Å². The molecule has 0 spiro atoms. The van der Waals surface area contributed by atoms with Crippen LogP contribution in [0.3, 0.4) is 0 Å². The Kier molecular flexibility index (Phi) is 6.62. The highest BCUT2D eigenvalue weighted by Gasteiger charge is 2.32. The molecule has 1 amide bonds. The lowest BCUT2D eigenvalue weighted by molar-refractivity contribution is -0.141. The van der Waals surface area contributed by atoms with Crippen molar-refractivity contribution >= 4 is 23.5 Å². The molecule has 1 heterocycles. The summed E-state index contributed by atoms with van der Waals surface area (Å²) in [4.78, 5) is 34.2. The van der Waals surface area contributed by atoms with E-state index in [1.54, 1.807) is 0 Å². The molecule has 128 valence electrons. The number of methoxy groups -OCH3 is 1. The van der Waals surface area contributed by atoms with Crippen LogP contribution in [0.2, 0.25) is 5.02 Å². The second-order valence-corrected chi connectivity index (χ2v) is 4.94. The molecule has 0 aromatic carbocycles. The maximum atomic E-state index is 12.7. The summed E-state index contributed by atoms with van der Waals surface area (Å²) in [5.41, 5.74) is -2.02. The van der Waals surface area contributed by atoms with Crippen molar-refractivity contribution in [3.63, 3.8) is 0 Å². The Morgan fingerprint density at radius 1 is 1.39 bits per heavy atom. The Balaban J connectivity index is 2.69. The largest absolute Gasteiger partial charge is 0.469 e. The summed E-state index contributed by atoms with van der Waals surface area (Å²) in [6, 6.07) is 0.509. The number of nitrogens with one attached hydrogen (secondary N) is 1. The van der Waals surface area contributed by atoms with Gasteiger partial charge >= 0.3 is 12.1 Å². The van der Waals surface area contributed by atoms with Crippen molar-refractivity contribution in [2.45, 2.75) is 25.6 Å². The summed E-state index contributed by atoms with van der Waals surface area (Å²) >= 11 is 5.47. The summed E-state index contributed by atoms with van der Waals surface area (Å²) in [5.74, 6) is -1.12. The van der Waals surface area contributed by atoms with Gasteiger partial charge in [-0.1, -0.05) is 11.6 Å². The van der Waals surface area contributed by atoms with Gasteiger partial charge < -0.3 is 14.6 Å². The summed E-state index contributed by atoms with van der Waals surface area (Å²) in [5, 5.41) is 1.76. The van der Waals surface area contributed by atoms with Crippen molar-refractivity contribution in [1.82, 2.24) is 9.88 Å². The van der Waals surface area contributed by atoms with Gasteiger partial charge in [-0.15, -0.1) is 0 Å². The molecule has 0 radical (unpaired) electrons. The SMILES string of the molecule is COC(=O)CCCNC(=O)Cn1cc(C(F)(F)F)cc(Cl)c1=O.